The molecule has 3 aromatic rings. The first-order chi connectivity index (χ1) is 10.3. The Bertz CT molecular complexity index is 890. The van der Waals surface area contributed by atoms with E-state index in [1.807, 2.05) is 22.7 Å². The molecule has 0 radical (unpaired) electrons. The van der Waals surface area contributed by atoms with E-state index in [9.17, 15) is 5.11 Å². The van der Waals surface area contributed by atoms with Crippen LogP contribution in [0, 0.1) is 0 Å². The normalized spacial score (nSPS) is 13.8. The van der Waals surface area contributed by atoms with E-state index in [0.717, 1.165) is 34.6 Å². The Balaban J connectivity index is 1.90. The third kappa shape index (κ3) is 2.01. The highest BCUT2D eigenvalue weighted by atomic mass is 16.3. The molecule has 0 saturated carbocycles. The minimum atomic E-state index is 0.248. The quantitative estimate of drug-likeness (QED) is 0.779. The molecule has 102 valence electrons. The molecule has 0 saturated heterocycles. The highest BCUT2D eigenvalue weighted by molar-refractivity contribution is 5.75. The zero-order valence-corrected chi connectivity index (χ0v) is 11.3. The van der Waals surface area contributed by atoms with Crippen LogP contribution in [-0.4, -0.2) is 19.5 Å². The van der Waals surface area contributed by atoms with Gasteiger partial charge < -0.3 is 5.11 Å². The van der Waals surface area contributed by atoms with Crippen LogP contribution < -0.4 is 0 Å². The fraction of sp³-hybridized carbons (Fsp3) is 0.0588. The van der Waals surface area contributed by atoms with E-state index in [1.54, 1.807) is 24.5 Å². The lowest BCUT2D eigenvalue weighted by molar-refractivity contribution is 0.475. The summed E-state index contributed by atoms with van der Waals surface area (Å²) in [6.07, 6.45) is 12.9. The van der Waals surface area contributed by atoms with Crippen LogP contribution in [0.4, 0.5) is 0 Å². The van der Waals surface area contributed by atoms with Crippen LogP contribution in [0.15, 0.2) is 61.1 Å². The first kappa shape index (κ1) is 11.9. The maximum atomic E-state index is 9.65. The van der Waals surface area contributed by atoms with Gasteiger partial charge in [-0.2, -0.15) is 0 Å². The Labute approximate surface area is 121 Å². The van der Waals surface area contributed by atoms with Gasteiger partial charge in [0.2, 0.25) is 0 Å². The number of allylic oxidation sites excluding steroid dienone is 4. The monoisotopic (exact) mass is 275 g/mol. The van der Waals surface area contributed by atoms with Crippen molar-refractivity contribution < 1.29 is 5.11 Å². The first-order valence-electron chi connectivity index (χ1n) is 6.81. The predicted octanol–water partition coefficient (Wildman–Crippen LogP) is 3.45. The molecule has 0 atom stereocenters. The number of aromatic hydroxyl groups is 1. The molecule has 0 fully saturated rings. The molecule has 0 bridgehead atoms. The molecular weight excluding hydrogens is 262 g/mol. The SMILES string of the molecule is Oc1cccc(-c2cnc3cnc(C4=CCC=C4)cn23)c1. The van der Waals surface area contributed by atoms with Gasteiger partial charge >= 0.3 is 0 Å². The molecule has 2 aromatic heterocycles. The van der Waals surface area contributed by atoms with E-state index >= 15 is 0 Å². The van der Waals surface area contributed by atoms with E-state index in [4.69, 9.17) is 0 Å². The molecule has 2 heterocycles. The van der Waals surface area contributed by atoms with Crippen LogP contribution >= 0.6 is 0 Å². The molecule has 0 spiro atoms. The van der Waals surface area contributed by atoms with Crippen molar-refractivity contribution in [1.82, 2.24) is 14.4 Å². The summed E-state index contributed by atoms with van der Waals surface area (Å²) in [6.45, 7) is 0. The number of hydrogen-bond acceptors (Lipinski definition) is 3. The predicted molar refractivity (Wildman–Crippen MR) is 81.8 cm³/mol. The molecule has 4 nitrogen and oxygen atoms in total. The van der Waals surface area contributed by atoms with E-state index in [1.165, 1.54) is 0 Å². The maximum Gasteiger partial charge on any atom is 0.155 e. The van der Waals surface area contributed by atoms with Crippen LogP contribution in [0.1, 0.15) is 12.1 Å². The highest BCUT2D eigenvalue weighted by Gasteiger charge is 2.10. The number of nitrogens with zero attached hydrogens (tertiary/aromatic N) is 3. The number of hydrogen-bond donors (Lipinski definition) is 1. The molecule has 4 rings (SSSR count). The van der Waals surface area contributed by atoms with E-state index in [2.05, 4.69) is 28.2 Å². The standard InChI is InChI=1S/C17H13N3O/c21-14-7-3-6-13(8-14)16-9-19-17-10-18-15(11-20(16)17)12-4-1-2-5-12/h1,3-11,21H,2H2. The first-order valence-corrected chi connectivity index (χ1v) is 6.81. The van der Waals surface area contributed by atoms with Crippen molar-refractivity contribution in [1.29, 1.82) is 0 Å². The van der Waals surface area contributed by atoms with Crippen molar-refractivity contribution >= 4 is 11.2 Å². The number of imidazole rings is 1. The van der Waals surface area contributed by atoms with Gasteiger partial charge in [0.1, 0.15) is 5.75 Å². The zero-order chi connectivity index (χ0) is 14.2. The van der Waals surface area contributed by atoms with Crippen molar-refractivity contribution in [2.24, 2.45) is 0 Å². The van der Waals surface area contributed by atoms with Gasteiger partial charge in [-0.15, -0.1) is 0 Å². The average molecular weight is 275 g/mol. The number of rotatable bonds is 2. The van der Waals surface area contributed by atoms with Gasteiger partial charge in [0.05, 0.1) is 23.8 Å². The average Bonchev–Trinajstić information content (AvgIpc) is 3.16. The second-order valence-corrected chi connectivity index (χ2v) is 4.99. The van der Waals surface area contributed by atoms with Crippen molar-refractivity contribution in [2.45, 2.75) is 6.42 Å². The summed E-state index contributed by atoms with van der Waals surface area (Å²) in [5.41, 5.74) is 4.71. The molecule has 1 aromatic carbocycles. The van der Waals surface area contributed by atoms with Crippen molar-refractivity contribution in [3.05, 3.63) is 66.8 Å². The Morgan fingerprint density at radius 2 is 2.10 bits per heavy atom. The minimum Gasteiger partial charge on any atom is -0.508 e. The fourth-order valence-corrected chi connectivity index (χ4v) is 2.57. The van der Waals surface area contributed by atoms with Crippen LogP contribution in [0.2, 0.25) is 0 Å². The summed E-state index contributed by atoms with van der Waals surface area (Å²) in [6, 6.07) is 7.18. The third-order valence-corrected chi connectivity index (χ3v) is 3.60. The van der Waals surface area contributed by atoms with Gasteiger partial charge in [-0.1, -0.05) is 30.4 Å². The molecule has 1 aliphatic carbocycles. The lowest BCUT2D eigenvalue weighted by atomic mass is 10.1. The lowest BCUT2D eigenvalue weighted by Gasteiger charge is -2.05. The lowest BCUT2D eigenvalue weighted by Crippen LogP contribution is -1.94. The fourth-order valence-electron chi connectivity index (χ4n) is 2.57. The van der Waals surface area contributed by atoms with Crippen molar-refractivity contribution in [3.8, 4) is 17.0 Å². The number of aromatic nitrogens is 3. The summed E-state index contributed by atoms with van der Waals surface area (Å²) in [5, 5.41) is 9.65. The number of fused-ring (bicyclic) bond motifs is 1. The van der Waals surface area contributed by atoms with E-state index < -0.39 is 0 Å². The number of phenolic OH excluding ortho intramolecular Hbond substituents is 1. The van der Waals surface area contributed by atoms with Crippen LogP contribution in [0.3, 0.4) is 0 Å². The van der Waals surface area contributed by atoms with Crippen LogP contribution in [0.5, 0.6) is 5.75 Å². The highest BCUT2D eigenvalue weighted by Crippen LogP contribution is 2.26. The second kappa shape index (κ2) is 4.59. The van der Waals surface area contributed by atoms with Gasteiger partial charge in [0, 0.05) is 11.8 Å². The third-order valence-electron chi connectivity index (χ3n) is 3.60. The summed E-state index contributed by atoms with van der Waals surface area (Å²) < 4.78 is 2.00. The molecule has 1 aliphatic rings. The largest absolute Gasteiger partial charge is 0.508 e. The Morgan fingerprint density at radius 1 is 1.14 bits per heavy atom. The summed E-state index contributed by atoms with van der Waals surface area (Å²) in [5.74, 6) is 0.248. The topological polar surface area (TPSA) is 50.4 Å². The smallest absolute Gasteiger partial charge is 0.155 e. The number of phenols is 1. The van der Waals surface area contributed by atoms with Gasteiger partial charge in [-0.25, -0.2) is 4.98 Å². The molecular formula is C17H13N3O. The Kier molecular flexibility index (Phi) is 2.60. The molecule has 0 aliphatic heterocycles. The van der Waals surface area contributed by atoms with E-state index in [0.29, 0.717) is 0 Å². The van der Waals surface area contributed by atoms with E-state index in [-0.39, 0.29) is 5.75 Å². The minimum absolute atomic E-state index is 0.248. The summed E-state index contributed by atoms with van der Waals surface area (Å²) >= 11 is 0. The molecule has 1 N–H and O–H groups in total. The van der Waals surface area contributed by atoms with Crippen molar-refractivity contribution in [2.75, 3.05) is 0 Å². The molecule has 4 heteroatoms. The summed E-state index contributed by atoms with van der Waals surface area (Å²) in [4.78, 5) is 8.83. The van der Waals surface area contributed by atoms with Gasteiger partial charge in [0.15, 0.2) is 5.65 Å². The zero-order valence-electron chi connectivity index (χ0n) is 11.3. The van der Waals surface area contributed by atoms with Gasteiger partial charge in [0.25, 0.3) is 0 Å². The molecule has 0 amide bonds. The van der Waals surface area contributed by atoms with Gasteiger partial charge in [-0.3, -0.25) is 9.38 Å². The Hall–Kier alpha value is -2.88. The Morgan fingerprint density at radius 3 is 2.90 bits per heavy atom. The van der Waals surface area contributed by atoms with Gasteiger partial charge in [-0.05, 0) is 24.1 Å². The molecule has 21 heavy (non-hydrogen) atoms. The number of benzene rings is 1. The van der Waals surface area contributed by atoms with Crippen LogP contribution in [0.25, 0.3) is 22.5 Å². The molecule has 0 unspecified atom stereocenters. The maximum absolute atomic E-state index is 9.65. The summed E-state index contributed by atoms with van der Waals surface area (Å²) in [7, 11) is 0. The second-order valence-electron chi connectivity index (χ2n) is 4.99. The van der Waals surface area contributed by atoms with Crippen LogP contribution in [-0.2, 0) is 0 Å². The van der Waals surface area contributed by atoms with Crippen molar-refractivity contribution in [3.63, 3.8) is 0 Å².